The zero-order valence-corrected chi connectivity index (χ0v) is 9.37. The second kappa shape index (κ2) is 7.30. The molecule has 2 heteroatoms. The standard InChI is InChI=1S/C13H19O2/c1-3-4-7-10-15-13-9-6-5-8-12(13)11-14-2/h5-6,8-9H,2-4,7,10-11H2,1H3. The van der Waals surface area contributed by atoms with E-state index in [9.17, 15) is 0 Å². The SMILES string of the molecule is [CH2]OCc1ccccc1OCCCCC. The average Bonchev–Trinajstić information content (AvgIpc) is 2.27. The van der Waals surface area contributed by atoms with Gasteiger partial charge in [-0.05, 0) is 12.5 Å². The van der Waals surface area contributed by atoms with Crippen LogP contribution in [0.2, 0.25) is 0 Å². The van der Waals surface area contributed by atoms with Gasteiger partial charge < -0.3 is 9.47 Å². The fourth-order valence-corrected chi connectivity index (χ4v) is 1.41. The van der Waals surface area contributed by atoms with Gasteiger partial charge in [0, 0.05) is 5.56 Å². The van der Waals surface area contributed by atoms with E-state index in [1.807, 2.05) is 24.3 Å². The second-order valence-corrected chi connectivity index (χ2v) is 3.51. The molecule has 0 amide bonds. The van der Waals surface area contributed by atoms with Crippen LogP contribution in [0.5, 0.6) is 5.75 Å². The molecule has 83 valence electrons. The maximum absolute atomic E-state index is 5.68. The Labute approximate surface area is 92.2 Å². The van der Waals surface area contributed by atoms with Crippen LogP contribution in [0.25, 0.3) is 0 Å². The number of para-hydroxylation sites is 1. The van der Waals surface area contributed by atoms with Gasteiger partial charge in [-0.2, -0.15) is 0 Å². The highest BCUT2D eigenvalue weighted by atomic mass is 16.5. The van der Waals surface area contributed by atoms with Crippen LogP contribution < -0.4 is 4.74 Å². The monoisotopic (exact) mass is 207 g/mol. The average molecular weight is 207 g/mol. The van der Waals surface area contributed by atoms with E-state index in [1.165, 1.54) is 12.8 Å². The van der Waals surface area contributed by atoms with Crippen LogP contribution in [0.4, 0.5) is 0 Å². The largest absolute Gasteiger partial charge is 0.493 e. The summed E-state index contributed by atoms with van der Waals surface area (Å²) in [7, 11) is 3.38. The van der Waals surface area contributed by atoms with Gasteiger partial charge in [-0.3, -0.25) is 0 Å². The van der Waals surface area contributed by atoms with E-state index in [0.717, 1.165) is 24.3 Å². The molecule has 0 spiro atoms. The third-order valence-corrected chi connectivity index (χ3v) is 2.24. The Kier molecular flexibility index (Phi) is 5.86. The van der Waals surface area contributed by atoms with Crippen molar-refractivity contribution in [1.82, 2.24) is 0 Å². The molecule has 0 saturated heterocycles. The van der Waals surface area contributed by atoms with Gasteiger partial charge in [0.2, 0.25) is 0 Å². The first-order valence-electron chi connectivity index (χ1n) is 5.46. The van der Waals surface area contributed by atoms with E-state index in [-0.39, 0.29) is 0 Å². The van der Waals surface area contributed by atoms with Crippen LogP contribution in [0.15, 0.2) is 24.3 Å². The first kappa shape index (κ1) is 12.1. The van der Waals surface area contributed by atoms with Crippen LogP contribution in [0, 0.1) is 7.11 Å². The molecule has 0 heterocycles. The lowest BCUT2D eigenvalue weighted by atomic mass is 10.2. The normalized spacial score (nSPS) is 10.3. The molecular formula is C13H19O2. The highest BCUT2D eigenvalue weighted by Gasteiger charge is 2.01. The topological polar surface area (TPSA) is 18.5 Å². The van der Waals surface area contributed by atoms with Crippen LogP contribution in [-0.4, -0.2) is 6.61 Å². The molecule has 0 bridgehead atoms. The Balaban J connectivity index is 2.44. The summed E-state index contributed by atoms with van der Waals surface area (Å²) in [6.45, 7) is 3.47. The zero-order chi connectivity index (χ0) is 10.9. The molecule has 1 aromatic rings. The van der Waals surface area contributed by atoms with Gasteiger partial charge in [0.25, 0.3) is 0 Å². The summed E-state index contributed by atoms with van der Waals surface area (Å²) >= 11 is 0. The van der Waals surface area contributed by atoms with Crippen LogP contribution in [0.3, 0.4) is 0 Å². The molecule has 0 aliphatic carbocycles. The Morgan fingerprint density at radius 1 is 1.20 bits per heavy atom. The smallest absolute Gasteiger partial charge is 0.124 e. The molecular weight excluding hydrogens is 188 g/mol. The summed E-state index contributed by atoms with van der Waals surface area (Å²) in [6.07, 6.45) is 3.54. The van der Waals surface area contributed by atoms with Crippen molar-refractivity contribution >= 4 is 0 Å². The van der Waals surface area contributed by atoms with Crippen molar-refractivity contribution in [2.24, 2.45) is 0 Å². The van der Waals surface area contributed by atoms with Gasteiger partial charge in [0.05, 0.1) is 20.3 Å². The maximum Gasteiger partial charge on any atom is 0.124 e. The van der Waals surface area contributed by atoms with Crippen LogP contribution in [0.1, 0.15) is 31.7 Å². The summed E-state index contributed by atoms with van der Waals surface area (Å²) in [5.74, 6) is 0.914. The zero-order valence-electron chi connectivity index (χ0n) is 9.37. The molecule has 0 aromatic heterocycles. The molecule has 0 unspecified atom stereocenters. The lowest BCUT2D eigenvalue weighted by Crippen LogP contribution is -2.00. The van der Waals surface area contributed by atoms with E-state index < -0.39 is 0 Å². The summed E-state index contributed by atoms with van der Waals surface area (Å²) in [5, 5.41) is 0. The van der Waals surface area contributed by atoms with Crippen molar-refractivity contribution in [3.8, 4) is 5.75 Å². The number of rotatable bonds is 7. The van der Waals surface area contributed by atoms with Gasteiger partial charge in [0.15, 0.2) is 0 Å². The Morgan fingerprint density at radius 2 is 2.00 bits per heavy atom. The molecule has 0 fully saturated rings. The Morgan fingerprint density at radius 3 is 2.73 bits per heavy atom. The number of hydrogen-bond acceptors (Lipinski definition) is 2. The third kappa shape index (κ3) is 4.34. The van der Waals surface area contributed by atoms with E-state index in [4.69, 9.17) is 9.47 Å². The van der Waals surface area contributed by atoms with Crippen molar-refractivity contribution in [3.05, 3.63) is 36.9 Å². The molecule has 0 saturated carbocycles. The number of ether oxygens (including phenoxy) is 2. The van der Waals surface area contributed by atoms with Gasteiger partial charge in [-0.1, -0.05) is 38.0 Å². The second-order valence-electron chi connectivity index (χ2n) is 3.51. The quantitative estimate of drug-likeness (QED) is 0.636. The van der Waals surface area contributed by atoms with Crippen molar-refractivity contribution in [1.29, 1.82) is 0 Å². The van der Waals surface area contributed by atoms with Gasteiger partial charge >= 0.3 is 0 Å². The molecule has 0 aliphatic rings. The predicted octanol–water partition coefficient (Wildman–Crippen LogP) is 3.56. The molecule has 1 rings (SSSR count). The molecule has 2 nitrogen and oxygen atoms in total. The number of benzene rings is 1. The van der Waals surface area contributed by atoms with Gasteiger partial charge in [-0.15, -0.1) is 0 Å². The summed E-state index contributed by atoms with van der Waals surface area (Å²) in [4.78, 5) is 0. The van der Waals surface area contributed by atoms with Crippen molar-refractivity contribution in [2.75, 3.05) is 6.61 Å². The highest BCUT2D eigenvalue weighted by molar-refractivity contribution is 5.32. The van der Waals surface area contributed by atoms with Gasteiger partial charge in [-0.25, -0.2) is 0 Å². The third-order valence-electron chi connectivity index (χ3n) is 2.24. The Bertz CT molecular complexity index is 271. The molecule has 0 atom stereocenters. The van der Waals surface area contributed by atoms with Crippen molar-refractivity contribution in [3.63, 3.8) is 0 Å². The molecule has 0 aliphatic heterocycles. The van der Waals surface area contributed by atoms with Gasteiger partial charge in [0.1, 0.15) is 5.75 Å². The van der Waals surface area contributed by atoms with E-state index >= 15 is 0 Å². The van der Waals surface area contributed by atoms with Crippen molar-refractivity contribution < 1.29 is 9.47 Å². The van der Waals surface area contributed by atoms with Crippen LogP contribution in [-0.2, 0) is 11.3 Å². The fraction of sp³-hybridized carbons (Fsp3) is 0.462. The minimum absolute atomic E-state index is 0.504. The fourth-order valence-electron chi connectivity index (χ4n) is 1.41. The molecule has 15 heavy (non-hydrogen) atoms. The molecule has 1 aromatic carbocycles. The summed E-state index contributed by atoms with van der Waals surface area (Å²) in [6, 6.07) is 7.93. The number of unbranched alkanes of at least 4 members (excludes halogenated alkanes) is 2. The summed E-state index contributed by atoms with van der Waals surface area (Å²) in [5.41, 5.74) is 1.06. The predicted molar refractivity (Wildman–Crippen MR) is 61.6 cm³/mol. The lowest BCUT2D eigenvalue weighted by molar-refractivity contribution is 0.219. The van der Waals surface area contributed by atoms with E-state index in [2.05, 4.69) is 14.0 Å². The van der Waals surface area contributed by atoms with Crippen LogP contribution >= 0.6 is 0 Å². The van der Waals surface area contributed by atoms with Crippen molar-refractivity contribution in [2.45, 2.75) is 32.8 Å². The van der Waals surface area contributed by atoms with E-state index in [0.29, 0.717) is 6.61 Å². The molecule has 1 radical (unpaired) electrons. The highest BCUT2D eigenvalue weighted by Crippen LogP contribution is 2.19. The first-order valence-corrected chi connectivity index (χ1v) is 5.46. The molecule has 0 N–H and O–H groups in total. The first-order chi connectivity index (χ1) is 7.38. The minimum Gasteiger partial charge on any atom is -0.493 e. The lowest BCUT2D eigenvalue weighted by Gasteiger charge is -2.10. The maximum atomic E-state index is 5.68. The summed E-state index contributed by atoms with van der Waals surface area (Å²) < 4.78 is 10.5. The number of hydrogen-bond donors (Lipinski definition) is 0. The minimum atomic E-state index is 0.504. The Hall–Kier alpha value is -1.02. The van der Waals surface area contributed by atoms with E-state index in [1.54, 1.807) is 0 Å².